The van der Waals surface area contributed by atoms with Crippen molar-refractivity contribution in [1.29, 1.82) is 0 Å². The van der Waals surface area contributed by atoms with E-state index in [9.17, 15) is 14.7 Å². The van der Waals surface area contributed by atoms with Crippen molar-refractivity contribution in [2.75, 3.05) is 0 Å². The topological polar surface area (TPSA) is 103 Å². The molecule has 0 fully saturated rings. The molecule has 0 unspecified atom stereocenters. The third-order valence-corrected chi connectivity index (χ3v) is 3.71. The second kappa shape index (κ2) is 6.08. The average molecular weight is 289 g/mol. The van der Waals surface area contributed by atoms with Crippen LogP contribution >= 0.6 is 0 Å². The minimum atomic E-state index is -1.27. The van der Waals surface area contributed by atoms with Gasteiger partial charge in [0.1, 0.15) is 5.60 Å². The molecule has 0 spiro atoms. The number of carbonyl (C=O) groups excluding carboxylic acids is 2. The number of hydrogen-bond acceptors (Lipinski definition) is 3. The lowest BCUT2D eigenvalue weighted by Crippen LogP contribution is -2.48. The quantitative estimate of drug-likeness (QED) is 0.284. The lowest BCUT2D eigenvalue weighted by molar-refractivity contribution is -0.121. The molecule has 1 amide bonds. The average Bonchev–Trinajstić information content (AvgIpc) is 2.33. The van der Waals surface area contributed by atoms with Crippen molar-refractivity contribution in [3.63, 3.8) is 0 Å². The Balaban J connectivity index is 3.11. The van der Waals surface area contributed by atoms with Gasteiger partial charge in [-0.3, -0.25) is 9.59 Å². The number of allylic oxidation sites excluding steroid dienone is 3. The fourth-order valence-electron chi connectivity index (χ4n) is 2.43. The molecule has 1 aliphatic rings. The number of rotatable bonds is 3. The van der Waals surface area contributed by atoms with Gasteiger partial charge in [0.05, 0.1) is 0 Å². The summed E-state index contributed by atoms with van der Waals surface area (Å²) < 4.78 is 0. The van der Waals surface area contributed by atoms with Crippen LogP contribution in [0.5, 0.6) is 0 Å². The highest BCUT2D eigenvalue weighted by atomic mass is 16.3. The number of carbonyl (C=O) groups is 2. The van der Waals surface area contributed by atoms with Crippen LogP contribution in [-0.4, -0.2) is 22.4 Å². The normalized spacial score (nSPS) is 25.5. The molecular weight excluding hydrogens is 270 g/mol. The molecule has 1 rings (SSSR count). The monoisotopic (exact) mass is 289 g/mol. The van der Waals surface area contributed by atoms with Gasteiger partial charge in [0.15, 0.2) is 5.78 Å². The number of hydrogen-bond donors (Lipinski definition) is 1. The van der Waals surface area contributed by atoms with Crippen molar-refractivity contribution in [2.45, 2.75) is 39.7 Å². The summed E-state index contributed by atoms with van der Waals surface area (Å²) in [5.41, 5.74) is 7.36. The molecule has 0 aliphatic heterocycles. The SMILES string of the molecule is CC1=CC(=O)CC(C)(C)[C@]1(O)/C=C/C(C)=C\C(=O)N=[N+]=[N-]. The maximum Gasteiger partial charge on any atom is 0.242 e. The lowest BCUT2D eigenvalue weighted by atomic mass is 9.64. The summed E-state index contributed by atoms with van der Waals surface area (Å²) in [6.07, 6.45) is 6.02. The molecular formula is C15H19N3O3. The van der Waals surface area contributed by atoms with Crippen LogP contribution < -0.4 is 0 Å². The Hall–Kier alpha value is -2.17. The van der Waals surface area contributed by atoms with Gasteiger partial charge in [-0.1, -0.05) is 19.9 Å². The van der Waals surface area contributed by atoms with Gasteiger partial charge >= 0.3 is 0 Å². The van der Waals surface area contributed by atoms with Crippen LogP contribution in [0.1, 0.15) is 34.1 Å². The third kappa shape index (κ3) is 3.68. The summed E-state index contributed by atoms with van der Waals surface area (Å²) >= 11 is 0. The van der Waals surface area contributed by atoms with Crippen LogP contribution in [0, 0.1) is 5.41 Å². The van der Waals surface area contributed by atoms with E-state index in [0.717, 1.165) is 0 Å². The van der Waals surface area contributed by atoms with Crippen LogP contribution in [0.15, 0.2) is 40.6 Å². The van der Waals surface area contributed by atoms with E-state index >= 15 is 0 Å². The molecule has 0 bridgehead atoms. The summed E-state index contributed by atoms with van der Waals surface area (Å²) in [6, 6.07) is 0. The first-order valence-electron chi connectivity index (χ1n) is 6.53. The summed E-state index contributed by atoms with van der Waals surface area (Å²) in [6.45, 7) is 6.99. The summed E-state index contributed by atoms with van der Waals surface area (Å²) in [4.78, 5) is 25.2. The van der Waals surface area contributed by atoms with E-state index in [1.165, 1.54) is 12.2 Å². The molecule has 21 heavy (non-hydrogen) atoms. The van der Waals surface area contributed by atoms with E-state index in [4.69, 9.17) is 5.53 Å². The number of nitrogens with zero attached hydrogens (tertiary/aromatic N) is 3. The lowest BCUT2D eigenvalue weighted by Gasteiger charge is -2.44. The van der Waals surface area contributed by atoms with E-state index in [0.29, 0.717) is 11.1 Å². The van der Waals surface area contributed by atoms with Crippen molar-refractivity contribution < 1.29 is 14.7 Å². The van der Waals surface area contributed by atoms with Crippen molar-refractivity contribution >= 4 is 11.7 Å². The molecule has 1 aliphatic carbocycles. The summed E-state index contributed by atoms with van der Waals surface area (Å²) in [7, 11) is 0. The van der Waals surface area contributed by atoms with E-state index in [2.05, 4.69) is 10.0 Å². The van der Waals surface area contributed by atoms with Gasteiger partial charge in [-0.05, 0) is 53.9 Å². The molecule has 1 N–H and O–H groups in total. The fraction of sp³-hybridized carbons (Fsp3) is 0.467. The number of ketones is 1. The number of amides is 1. The van der Waals surface area contributed by atoms with Crippen molar-refractivity contribution in [2.24, 2.45) is 10.5 Å². The highest BCUT2D eigenvalue weighted by Gasteiger charge is 2.46. The first-order chi connectivity index (χ1) is 9.62. The van der Waals surface area contributed by atoms with Gasteiger partial charge < -0.3 is 5.11 Å². The molecule has 0 aromatic rings. The Morgan fingerprint density at radius 3 is 2.67 bits per heavy atom. The standard InChI is InChI=1S/C15H19N3O3/c1-10(7-13(20)17-18-16)5-6-15(21)11(2)8-12(19)9-14(15,3)4/h5-8,21H,9H2,1-4H3/b6-5+,10-7-/t15-/m0/s1. The maximum absolute atomic E-state index is 11.6. The molecule has 0 aromatic heterocycles. The zero-order valence-corrected chi connectivity index (χ0v) is 12.6. The Labute approximate surface area is 123 Å². The first kappa shape index (κ1) is 16.9. The second-order valence-corrected chi connectivity index (χ2v) is 5.87. The van der Waals surface area contributed by atoms with Gasteiger partial charge in [0.2, 0.25) is 5.91 Å². The number of aliphatic hydroxyl groups is 1. The summed E-state index contributed by atoms with van der Waals surface area (Å²) in [5.74, 6) is -0.710. The van der Waals surface area contributed by atoms with Crippen molar-refractivity contribution in [3.05, 3.63) is 45.9 Å². The van der Waals surface area contributed by atoms with Gasteiger partial charge in [0.25, 0.3) is 0 Å². The molecule has 6 nitrogen and oxygen atoms in total. The fourth-order valence-corrected chi connectivity index (χ4v) is 2.43. The Morgan fingerprint density at radius 1 is 1.52 bits per heavy atom. The predicted octanol–water partition coefficient (Wildman–Crippen LogP) is 3.00. The molecule has 0 saturated carbocycles. The maximum atomic E-state index is 11.6. The van der Waals surface area contributed by atoms with Crippen LogP contribution in [0.2, 0.25) is 0 Å². The molecule has 0 saturated heterocycles. The molecule has 6 heteroatoms. The van der Waals surface area contributed by atoms with E-state index in [1.54, 1.807) is 26.0 Å². The van der Waals surface area contributed by atoms with Crippen molar-refractivity contribution in [1.82, 2.24) is 0 Å². The van der Waals surface area contributed by atoms with Crippen LogP contribution in [0.25, 0.3) is 10.4 Å². The third-order valence-electron chi connectivity index (χ3n) is 3.71. The Bertz CT molecular complexity index is 608. The van der Waals surface area contributed by atoms with Gasteiger partial charge in [-0.15, -0.1) is 0 Å². The molecule has 0 heterocycles. The predicted molar refractivity (Wildman–Crippen MR) is 79.2 cm³/mol. The van der Waals surface area contributed by atoms with Crippen molar-refractivity contribution in [3.8, 4) is 0 Å². The minimum absolute atomic E-state index is 0.0126. The second-order valence-electron chi connectivity index (χ2n) is 5.87. The number of azide groups is 1. The molecule has 112 valence electrons. The van der Waals surface area contributed by atoms with Crippen LogP contribution in [0.4, 0.5) is 0 Å². The molecule has 0 aromatic carbocycles. The zero-order valence-electron chi connectivity index (χ0n) is 12.6. The van der Waals surface area contributed by atoms with E-state index < -0.39 is 16.9 Å². The Kier molecular flexibility index (Phi) is 4.88. The van der Waals surface area contributed by atoms with Crippen LogP contribution in [0.3, 0.4) is 0 Å². The highest BCUT2D eigenvalue weighted by Crippen LogP contribution is 2.44. The van der Waals surface area contributed by atoms with Gasteiger partial charge in [-0.2, -0.15) is 0 Å². The smallest absolute Gasteiger partial charge is 0.242 e. The van der Waals surface area contributed by atoms with E-state index in [-0.39, 0.29) is 12.2 Å². The molecule has 1 atom stereocenters. The van der Waals surface area contributed by atoms with Gasteiger partial charge in [-0.25, -0.2) is 0 Å². The largest absolute Gasteiger partial charge is 0.381 e. The highest BCUT2D eigenvalue weighted by molar-refractivity contribution is 5.93. The molecule has 0 radical (unpaired) electrons. The summed E-state index contributed by atoms with van der Waals surface area (Å²) in [5, 5.41) is 13.8. The Morgan fingerprint density at radius 2 is 2.14 bits per heavy atom. The van der Waals surface area contributed by atoms with Gasteiger partial charge in [0, 0.05) is 16.7 Å². The minimum Gasteiger partial charge on any atom is -0.381 e. The zero-order chi connectivity index (χ0) is 16.3. The van der Waals surface area contributed by atoms with E-state index in [1.807, 2.05) is 13.8 Å². The van der Waals surface area contributed by atoms with Crippen LogP contribution in [-0.2, 0) is 9.59 Å². The first-order valence-corrected chi connectivity index (χ1v) is 6.53.